The second-order valence-corrected chi connectivity index (χ2v) is 8.02. The standard InChI is InChI=1S/C27H27N3O3/c1-3-4-22(15-26(31)32)20-7-9-25(10-8-20)33-17-23-6-5-21-12-14-30(27(21)19(23)2)16-24-11-13-28-18-29-24/h3-14,18,22H,15-17H2,1-2H3,(H,31,32)/t22-/m1/s1. The summed E-state index contributed by atoms with van der Waals surface area (Å²) in [5.74, 6) is -0.202. The Morgan fingerprint density at radius 3 is 2.67 bits per heavy atom. The van der Waals surface area contributed by atoms with E-state index in [0.717, 1.165) is 22.6 Å². The SMILES string of the molecule is CC=C[C@H](CC(=O)O)c1ccc(OCc2ccc3ccn(Cc4ccncn4)c3c2C)cc1. The van der Waals surface area contributed by atoms with Gasteiger partial charge in [-0.15, -0.1) is 0 Å². The first-order valence-corrected chi connectivity index (χ1v) is 10.9. The monoisotopic (exact) mass is 441 g/mol. The molecule has 2 heterocycles. The lowest BCUT2D eigenvalue weighted by atomic mass is 9.95. The van der Waals surface area contributed by atoms with Crippen LogP contribution in [-0.2, 0) is 17.9 Å². The van der Waals surface area contributed by atoms with Gasteiger partial charge in [0.1, 0.15) is 18.7 Å². The fourth-order valence-electron chi connectivity index (χ4n) is 4.09. The number of carboxylic acid groups (broad SMARTS) is 1. The van der Waals surface area contributed by atoms with Crippen molar-refractivity contribution in [3.8, 4) is 5.75 Å². The van der Waals surface area contributed by atoms with Gasteiger partial charge in [-0.2, -0.15) is 0 Å². The van der Waals surface area contributed by atoms with Gasteiger partial charge in [-0.25, -0.2) is 9.97 Å². The highest BCUT2D eigenvalue weighted by molar-refractivity contribution is 5.84. The molecule has 4 aromatic rings. The topological polar surface area (TPSA) is 77.2 Å². The summed E-state index contributed by atoms with van der Waals surface area (Å²) in [6.07, 6.45) is 9.28. The van der Waals surface area contributed by atoms with E-state index in [-0.39, 0.29) is 12.3 Å². The zero-order chi connectivity index (χ0) is 23.2. The minimum Gasteiger partial charge on any atom is -0.489 e. The molecule has 0 radical (unpaired) electrons. The van der Waals surface area contributed by atoms with Gasteiger partial charge in [-0.1, -0.05) is 36.4 Å². The fourth-order valence-corrected chi connectivity index (χ4v) is 4.09. The van der Waals surface area contributed by atoms with Crippen molar-refractivity contribution >= 4 is 16.9 Å². The minimum atomic E-state index is -0.811. The maximum atomic E-state index is 11.1. The van der Waals surface area contributed by atoms with E-state index >= 15 is 0 Å². The van der Waals surface area contributed by atoms with E-state index in [9.17, 15) is 4.79 Å². The molecule has 0 fully saturated rings. The molecule has 1 N–H and O–H groups in total. The zero-order valence-corrected chi connectivity index (χ0v) is 18.8. The molecule has 0 amide bonds. The maximum absolute atomic E-state index is 11.1. The summed E-state index contributed by atoms with van der Waals surface area (Å²) in [6, 6.07) is 15.9. The van der Waals surface area contributed by atoms with Crippen molar-refractivity contribution in [1.29, 1.82) is 0 Å². The van der Waals surface area contributed by atoms with E-state index in [1.54, 1.807) is 12.5 Å². The van der Waals surface area contributed by atoms with Gasteiger partial charge in [-0.3, -0.25) is 4.79 Å². The van der Waals surface area contributed by atoms with Crippen molar-refractivity contribution in [3.63, 3.8) is 0 Å². The molecule has 6 nitrogen and oxygen atoms in total. The molecule has 168 valence electrons. The maximum Gasteiger partial charge on any atom is 0.304 e. The summed E-state index contributed by atoms with van der Waals surface area (Å²) in [5, 5.41) is 10.3. The van der Waals surface area contributed by atoms with Crippen LogP contribution >= 0.6 is 0 Å². The fraction of sp³-hybridized carbons (Fsp3) is 0.222. The van der Waals surface area contributed by atoms with Crippen LogP contribution in [0.2, 0.25) is 0 Å². The predicted molar refractivity (Wildman–Crippen MR) is 128 cm³/mol. The Kier molecular flexibility index (Phi) is 6.83. The molecular formula is C27H27N3O3. The molecular weight excluding hydrogens is 414 g/mol. The molecule has 0 saturated heterocycles. The molecule has 2 aromatic heterocycles. The number of hydrogen-bond donors (Lipinski definition) is 1. The Labute approximate surface area is 193 Å². The van der Waals surface area contributed by atoms with E-state index in [0.29, 0.717) is 13.2 Å². The molecule has 6 heteroatoms. The average Bonchev–Trinajstić information content (AvgIpc) is 3.22. The third-order valence-corrected chi connectivity index (χ3v) is 5.79. The Balaban J connectivity index is 1.49. The third-order valence-electron chi connectivity index (χ3n) is 5.79. The lowest BCUT2D eigenvalue weighted by molar-refractivity contribution is -0.137. The van der Waals surface area contributed by atoms with Gasteiger partial charge in [0.25, 0.3) is 0 Å². The largest absolute Gasteiger partial charge is 0.489 e. The summed E-state index contributed by atoms with van der Waals surface area (Å²) in [7, 11) is 0. The molecule has 0 bridgehead atoms. The lowest BCUT2D eigenvalue weighted by Gasteiger charge is -2.14. The number of aromatic nitrogens is 3. The molecule has 0 unspecified atom stereocenters. The van der Waals surface area contributed by atoms with Gasteiger partial charge < -0.3 is 14.4 Å². The van der Waals surface area contributed by atoms with Crippen LogP contribution in [0.25, 0.3) is 10.9 Å². The highest BCUT2D eigenvalue weighted by Crippen LogP contribution is 2.27. The molecule has 1 atom stereocenters. The van der Waals surface area contributed by atoms with Crippen LogP contribution in [0.3, 0.4) is 0 Å². The highest BCUT2D eigenvalue weighted by atomic mass is 16.5. The summed E-state index contributed by atoms with van der Waals surface area (Å²) >= 11 is 0. The number of allylic oxidation sites excluding steroid dienone is 2. The molecule has 2 aromatic carbocycles. The van der Waals surface area contributed by atoms with Crippen LogP contribution in [0.4, 0.5) is 0 Å². The summed E-state index contributed by atoms with van der Waals surface area (Å²) in [5.41, 5.74) is 5.39. The van der Waals surface area contributed by atoms with E-state index in [1.807, 2.05) is 49.4 Å². The number of nitrogens with zero attached hydrogens (tertiary/aromatic N) is 3. The normalized spacial score (nSPS) is 12.3. The first-order valence-electron chi connectivity index (χ1n) is 10.9. The first kappa shape index (κ1) is 22.3. The van der Waals surface area contributed by atoms with Crippen molar-refractivity contribution in [2.24, 2.45) is 0 Å². The number of benzene rings is 2. The summed E-state index contributed by atoms with van der Waals surface area (Å²) < 4.78 is 8.27. The second kappa shape index (κ2) is 10.1. The minimum absolute atomic E-state index is 0.0679. The number of ether oxygens (including phenoxy) is 1. The lowest BCUT2D eigenvalue weighted by Crippen LogP contribution is -2.05. The molecule has 0 aliphatic heterocycles. The first-order chi connectivity index (χ1) is 16.0. The van der Waals surface area contributed by atoms with Gasteiger partial charge in [0.15, 0.2) is 0 Å². The van der Waals surface area contributed by atoms with E-state index in [4.69, 9.17) is 9.84 Å². The van der Waals surface area contributed by atoms with Crippen LogP contribution in [-0.4, -0.2) is 25.6 Å². The van der Waals surface area contributed by atoms with E-state index in [2.05, 4.69) is 45.9 Å². The number of aliphatic carboxylic acids is 1. The average molecular weight is 442 g/mol. The molecule has 0 aliphatic rings. The number of rotatable bonds is 9. The quantitative estimate of drug-likeness (QED) is 0.347. The highest BCUT2D eigenvalue weighted by Gasteiger charge is 2.13. The van der Waals surface area contributed by atoms with Crippen molar-refractivity contribution < 1.29 is 14.6 Å². The van der Waals surface area contributed by atoms with Crippen LogP contribution < -0.4 is 4.74 Å². The van der Waals surface area contributed by atoms with Crippen LogP contribution in [0.5, 0.6) is 5.75 Å². The van der Waals surface area contributed by atoms with Crippen LogP contribution in [0.15, 0.2) is 79.4 Å². The molecule has 4 rings (SSSR count). The molecule has 0 aliphatic carbocycles. The number of fused-ring (bicyclic) bond motifs is 1. The number of hydrogen-bond acceptors (Lipinski definition) is 4. The van der Waals surface area contributed by atoms with Gasteiger partial charge in [0, 0.05) is 18.3 Å². The van der Waals surface area contributed by atoms with E-state index in [1.165, 1.54) is 16.5 Å². The third kappa shape index (κ3) is 5.29. The van der Waals surface area contributed by atoms with Crippen LogP contribution in [0.1, 0.15) is 41.6 Å². The van der Waals surface area contributed by atoms with Crippen molar-refractivity contribution in [2.45, 2.75) is 39.3 Å². The Morgan fingerprint density at radius 1 is 1.15 bits per heavy atom. The van der Waals surface area contributed by atoms with Crippen molar-refractivity contribution in [3.05, 3.63) is 102 Å². The Morgan fingerprint density at radius 2 is 1.97 bits per heavy atom. The Hall–Kier alpha value is -3.93. The summed E-state index contributed by atoms with van der Waals surface area (Å²) in [4.78, 5) is 19.5. The smallest absolute Gasteiger partial charge is 0.304 e. The van der Waals surface area contributed by atoms with Crippen LogP contribution in [0, 0.1) is 6.92 Å². The molecule has 0 spiro atoms. The predicted octanol–water partition coefficient (Wildman–Crippen LogP) is 5.50. The molecule has 0 saturated carbocycles. The van der Waals surface area contributed by atoms with Gasteiger partial charge in [-0.05, 0) is 60.2 Å². The Bertz CT molecular complexity index is 1260. The van der Waals surface area contributed by atoms with Crippen molar-refractivity contribution in [2.75, 3.05) is 0 Å². The van der Waals surface area contributed by atoms with Gasteiger partial charge in [0.05, 0.1) is 24.2 Å². The summed E-state index contributed by atoms with van der Waals surface area (Å²) in [6.45, 7) is 5.15. The second-order valence-electron chi connectivity index (χ2n) is 8.02. The van der Waals surface area contributed by atoms with Crippen molar-refractivity contribution in [1.82, 2.24) is 14.5 Å². The number of carboxylic acids is 1. The number of aryl methyl sites for hydroxylation is 1. The molecule has 33 heavy (non-hydrogen) atoms. The number of carbonyl (C=O) groups is 1. The zero-order valence-electron chi connectivity index (χ0n) is 18.8. The van der Waals surface area contributed by atoms with Gasteiger partial charge in [0.2, 0.25) is 0 Å². The van der Waals surface area contributed by atoms with E-state index < -0.39 is 5.97 Å². The van der Waals surface area contributed by atoms with Gasteiger partial charge >= 0.3 is 5.97 Å².